The van der Waals surface area contributed by atoms with E-state index in [-0.39, 0.29) is 23.6 Å². The Morgan fingerprint density at radius 3 is 1.53 bits per heavy atom. The lowest BCUT2D eigenvalue weighted by Crippen LogP contribution is -2.02. The maximum absolute atomic E-state index is 14.7. The van der Waals surface area contributed by atoms with Gasteiger partial charge in [0, 0.05) is 5.56 Å². The van der Waals surface area contributed by atoms with E-state index in [0.29, 0.717) is 42.4 Å². The van der Waals surface area contributed by atoms with Gasteiger partial charge in [-0.2, -0.15) is 0 Å². The molecule has 0 aromatic heterocycles. The summed E-state index contributed by atoms with van der Waals surface area (Å²) in [4.78, 5) is 0. The van der Waals surface area contributed by atoms with Crippen molar-refractivity contribution < 1.29 is 17.6 Å². The van der Waals surface area contributed by atoms with Crippen molar-refractivity contribution in [3.05, 3.63) is 105 Å². The summed E-state index contributed by atoms with van der Waals surface area (Å²) < 4.78 is 57.7. The van der Waals surface area contributed by atoms with Gasteiger partial charge in [-0.25, -0.2) is 17.6 Å². The van der Waals surface area contributed by atoms with Gasteiger partial charge in [0.1, 0.15) is 23.3 Å². The van der Waals surface area contributed by atoms with Crippen molar-refractivity contribution >= 4 is 0 Å². The van der Waals surface area contributed by atoms with Gasteiger partial charge in [0.2, 0.25) is 0 Å². The van der Waals surface area contributed by atoms with Crippen molar-refractivity contribution in [1.29, 1.82) is 0 Å². The molecule has 0 saturated heterocycles. The third-order valence-corrected chi connectivity index (χ3v) is 6.37. The molecule has 0 N–H and O–H groups in total. The molecule has 0 aliphatic rings. The Bertz CT molecular complexity index is 1060. The second-order valence-corrected chi connectivity index (χ2v) is 9.10. The van der Waals surface area contributed by atoms with Crippen molar-refractivity contribution in [2.75, 3.05) is 0 Å². The Labute approximate surface area is 201 Å². The summed E-state index contributed by atoms with van der Waals surface area (Å²) in [5, 5.41) is 0. The molecule has 34 heavy (non-hydrogen) atoms. The molecule has 0 amide bonds. The zero-order valence-corrected chi connectivity index (χ0v) is 20.2. The number of hydrogen-bond donors (Lipinski definition) is 0. The highest BCUT2D eigenvalue weighted by molar-refractivity contribution is 5.31. The van der Waals surface area contributed by atoms with Gasteiger partial charge in [0.05, 0.1) is 0 Å². The van der Waals surface area contributed by atoms with Gasteiger partial charge < -0.3 is 0 Å². The molecule has 0 nitrogen and oxygen atoms in total. The summed E-state index contributed by atoms with van der Waals surface area (Å²) >= 11 is 0. The monoisotopic (exact) mass is 470 g/mol. The molecule has 0 unspecified atom stereocenters. The summed E-state index contributed by atoms with van der Waals surface area (Å²) in [5.74, 6) is -1.60. The Morgan fingerprint density at radius 1 is 0.471 bits per heavy atom. The van der Waals surface area contributed by atoms with Gasteiger partial charge >= 0.3 is 0 Å². The fourth-order valence-corrected chi connectivity index (χ4v) is 4.34. The molecule has 0 aliphatic heterocycles. The van der Waals surface area contributed by atoms with Crippen molar-refractivity contribution in [1.82, 2.24) is 0 Å². The van der Waals surface area contributed by atoms with E-state index < -0.39 is 11.6 Å². The first kappa shape index (κ1) is 26.0. The summed E-state index contributed by atoms with van der Waals surface area (Å²) in [6.07, 6.45) is 6.90. The molecule has 4 heteroatoms. The molecule has 0 bridgehead atoms. The van der Waals surface area contributed by atoms with Crippen LogP contribution < -0.4 is 0 Å². The van der Waals surface area contributed by atoms with Crippen LogP contribution in [0.3, 0.4) is 0 Å². The van der Waals surface area contributed by atoms with Gasteiger partial charge in [0.25, 0.3) is 0 Å². The van der Waals surface area contributed by atoms with E-state index in [1.165, 1.54) is 18.2 Å². The Kier molecular flexibility index (Phi) is 9.74. The standard InChI is InChI=1S/C30H34F4/c1-3-5-6-8-24-13-9-21(17-27(24)31)10-14-25-15-11-22(18-28(25)32)12-16-26-29(33)19-23(7-4-2)20-30(26)34/h9,11,13,15,17-20H,3-8,10,12,14,16H2,1-2H3. The normalized spacial score (nSPS) is 11.2. The molecule has 0 heterocycles. The zero-order chi connectivity index (χ0) is 24.5. The van der Waals surface area contributed by atoms with Gasteiger partial charge in [0.15, 0.2) is 0 Å². The third-order valence-electron chi connectivity index (χ3n) is 6.37. The van der Waals surface area contributed by atoms with Gasteiger partial charge in [-0.05, 0) is 97.0 Å². The average Bonchev–Trinajstić information content (AvgIpc) is 2.79. The largest absolute Gasteiger partial charge is 0.207 e. The molecule has 3 rings (SSSR count). The number of benzene rings is 3. The molecule has 0 atom stereocenters. The number of rotatable bonds is 12. The van der Waals surface area contributed by atoms with E-state index >= 15 is 0 Å². The highest BCUT2D eigenvalue weighted by Crippen LogP contribution is 2.21. The van der Waals surface area contributed by atoms with Crippen LogP contribution in [-0.4, -0.2) is 0 Å². The Morgan fingerprint density at radius 2 is 1.00 bits per heavy atom. The number of halogens is 4. The first-order valence-electron chi connectivity index (χ1n) is 12.4. The van der Waals surface area contributed by atoms with Gasteiger partial charge in [-0.3, -0.25) is 0 Å². The smallest absolute Gasteiger partial charge is 0.129 e. The maximum Gasteiger partial charge on any atom is 0.129 e. The summed E-state index contributed by atoms with van der Waals surface area (Å²) in [6.45, 7) is 4.09. The quantitative estimate of drug-likeness (QED) is 0.184. The van der Waals surface area contributed by atoms with Crippen LogP contribution in [0.4, 0.5) is 17.6 Å². The van der Waals surface area contributed by atoms with Crippen LogP contribution >= 0.6 is 0 Å². The minimum absolute atomic E-state index is 0.0458. The molecule has 0 saturated carbocycles. The molecular formula is C30H34F4. The van der Waals surface area contributed by atoms with Crippen LogP contribution in [0.2, 0.25) is 0 Å². The van der Waals surface area contributed by atoms with Crippen LogP contribution in [0.5, 0.6) is 0 Å². The second kappa shape index (κ2) is 12.7. The fourth-order valence-electron chi connectivity index (χ4n) is 4.34. The van der Waals surface area contributed by atoms with Crippen LogP contribution in [0.15, 0.2) is 48.5 Å². The Balaban J connectivity index is 1.58. The average molecular weight is 471 g/mol. The maximum atomic E-state index is 14.7. The minimum Gasteiger partial charge on any atom is -0.207 e. The van der Waals surface area contributed by atoms with Crippen molar-refractivity contribution in [2.24, 2.45) is 0 Å². The SMILES string of the molecule is CCCCCc1ccc(CCc2ccc(CCc3c(F)cc(CCC)cc3F)cc2F)cc1F. The molecule has 3 aromatic carbocycles. The van der Waals surface area contributed by atoms with E-state index in [1.807, 2.05) is 19.1 Å². The van der Waals surface area contributed by atoms with Gasteiger partial charge in [-0.15, -0.1) is 0 Å². The molecule has 0 spiro atoms. The molecule has 0 radical (unpaired) electrons. The zero-order valence-electron chi connectivity index (χ0n) is 20.2. The molecule has 0 aliphatic carbocycles. The first-order valence-corrected chi connectivity index (χ1v) is 12.4. The van der Waals surface area contributed by atoms with E-state index in [1.54, 1.807) is 18.2 Å². The molecule has 0 fully saturated rings. The number of hydrogen-bond acceptors (Lipinski definition) is 0. The molecular weight excluding hydrogens is 436 g/mol. The highest BCUT2D eigenvalue weighted by atomic mass is 19.1. The van der Waals surface area contributed by atoms with Crippen molar-refractivity contribution in [2.45, 2.75) is 78.1 Å². The predicted octanol–water partition coefficient (Wildman–Crippen LogP) is 8.50. The van der Waals surface area contributed by atoms with Crippen LogP contribution in [0.25, 0.3) is 0 Å². The van der Waals surface area contributed by atoms with E-state index in [4.69, 9.17) is 0 Å². The second-order valence-electron chi connectivity index (χ2n) is 9.10. The van der Waals surface area contributed by atoms with Crippen molar-refractivity contribution in [3.63, 3.8) is 0 Å². The number of aryl methyl sites for hydroxylation is 5. The molecule has 182 valence electrons. The first-order chi connectivity index (χ1) is 16.4. The lowest BCUT2D eigenvalue weighted by atomic mass is 9.97. The van der Waals surface area contributed by atoms with E-state index in [0.717, 1.165) is 43.2 Å². The highest BCUT2D eigenvalue weighted by Gasteiger charge is 2.12. The third kappa shape index (κ3) is 7.19. The predicted molar refractivity (Wildman–Crippen MR) is 131 cm³/mol. The lowest BCUT2D eigenvalue weighted by molar-refractivity contribution is 0.550. The van der Waals surface area contributed by atoms with Crippen LogP contribution in [-0.2, 0) is 38.5 Å². The Hall–Kier alpha value is -2.62. The molecule has 3 aromatic rings. The van der Waals surface area contributed by atoms with Crippen LogP contribution in [0, 0.1) is 23.3 Å². The lowest BCUT2D eigenvalue weighted by Gasteiger charge is -2.10. The van der Waals surface area contributed by atoms with E-state index in [2.05, 4.69) is 6.92 Å². The minimum atomic E-state index is -0.538. The topological polar surface area (TPSA) is 0 Å². The summed E-state index contributed by atoms with van der Waals surface area (Å²) in [7, 11) is 0. The van der Waals surface area contributed by atoms with Gasteiger partial charge in [-0.1, -0.05) is 57.4 Å². The fraction of sp³-hybridized carbons (Fsp3) is 0.400. The van der Waals surface area contributed by atoms with Crippen LogP contribution in [0.1, 0.15) is 72.9 Å². The van der Waals surface area contributed by atoms with Crippen molar-refractivity contribution in [3.8, 4) is 0 Å². The van der Waals surface area contributed by atoms with E-state index in [9.17, 15) is 17.6 Å². The summed E-state index contributed by atoms with van der Waals surface area (Å²) in [5.41, 5.74) is 3.53. The number of unbranched alkanes of at least 4 members (excludes halogenated alkanes) is 2. The summed E-state index contributed by atoms with van der Waals surface area (Å²) in [6, 6.07) is 13.1.